The summed E-state index contributed by atoms with van der Waals surface area (Å²) < 4.78 is 64.9. The average molecular weight is 333 g/mol. The lowest BCUT2D eigenvalue weighted by Gasteiger charge is -2.28. The van der Waals surface area contributed by atoms with Crippen LogP contribution in [0.4, 0.5) is 17.6 Å². The molecule has 0 saturated heterocycles. The molecule has 0 radical (unpaired) electrons. The van der Waals surface area contributed by atoms with Gasteiger partial charge < -0.3 is 4.55 Å². The molecule has 1 heterocycles. The Morgan fingerprint density at radius 1 is 1.35 bits per heavy atom. The molecule has 20 heavy (non-hydrogen) atoms. The fourth-order valence-electron chi connectivity index (χ4n) is 1.20. The molecule has 0 aliphatic heterocycles. The maximum atomic E-state index is 13.0. The Balaban J connectivity index is 3.14. The van der Waals surface area contributed by atoms with Gasteiger partial charge in [-0.15, -0.1) is 4.72 Å². The largest absolute Gasteiger partial charge is 0.598 e. The summed E-state index contributed by atoms with van der Waals surface area (Å²) in [5, 5.41) is -0.481. The molecule has 1 aromatic heterocycles. The summed E-state index contributed by atoms with van der Waals surface area (Å²) >= 11 is 3.60. The molecule has 3 nitrogen and oxygen atoms in total. The summed E-state index contributed by atoms with van der Waals surface area (Å²) in [5.41, 5.74) is -0.613. The number of halogens is 5. The topological polar surface area (TPSA) is 48.0 Å². The van der Waals surface area contributed by atoms with Crippen molar-refractivity contribution in [3.8, 4) is 0 Å². The zero-order valence-electron chi connectivity index (χ0n) is 10.9. The molecule has 0 saturated carbocycles. The van der Waals surface area contributed by atoms with E-state index in [0.29, 0.717) is 6.20 Å². The molecular formula is C11H13ClF4N2OS. The number of pyridine rings is 1. The van der Waals surface area contributed by atoms with Crippen molar-refractivity contribution in [2.45, 2.75) is 37.7 Å². The second-order valence-electron chi connectivity index (χ2n) is 4.99. The molecular weight excluding hydrogens is 320 g/mol. The minimum atomic E-state index is -4.77. The highest BCUT2D eigenvalue weighted by Gasteiger charge is 2.47. The predicted molar refractivity (Wildman–Crippen MR) is 69.0 cm³/mol. The Morgan fingerprint density at radius 2 is 1.90 bits per heavy atom. The van der Waals surface area contributed by atoms with Gasteiger partial charge in [0.2, 0.25) is 0 Å². The lowest BCUT2D eigenvalue weighted by Crippen LogP contribution is -2.46. The molecule has 0 fully saturated rings. The number of aromatic nitrogens is 1. The molecule has 0 aliphatic rings. The lowest BCUT2D eigenvalue weighted by molar-refractivity contribution is -0.153. The third kappa shape index (κ3) is 4.47. The number of nitrogens with zero attached hydrogens (tertiary/aromatic N) is 1. The van der Waals surface area contributed by atoms with Crippen LogP contribution in [-0.2, 0) is 11.4 Å². The van der Waals surface area contributed by atoms with Crippen molar-refractivity contribution in [1.82, 2.24) is 9.71 Å². The van der Waals surface area contributed by atoms with Crippen LogP contribution in [0.3, 0.4) is 0 Å². The summed E-state index contributed by atoms with van der Waals surface area (Å²) in [4.78, 5) is 3.36. The van der Waals surface area contributed by atoms with Gasteiger partial charge in [-0.25, -0.2) is 4.39 Å². The van der Waals surface area contributed by atoms with Crippen molar-refractivity contribution in [2.24, 2.45) is 0 Å². The minimum absolute atomic E-state index is 0.481. The summed E-state index contributed by atoms with van der Waals surface area (Å²) in [6.45, 7) is 4.55. The Hall–Kier alpha value is -0.570. The third-order valence-electron chi connectivity index (χ3n) is 2.22. The van der Waals surface area contributed by atoms with Crippen LogP contribution in [0, 0.1) is 5.82 Å². The van der Waals surface area contributed by atoms with Crippen LogP contribution in [0.2, 0.25) is 5.02 Å². The van der Waals surface area contributed by atoms with Gasteiger partial charge in [-0.2, -0.15) is 13.2 Å². The van der Waals surface area contributed by atoms with E-state index in [1.54, 1.807) is 0 Å². The minimum Gasteiger partial charge on any atom is -0.598 e. The van der Waals surface area contributed by atoms with E-state index < -0.39 is 44.9 Å². The summed E-state index contributed by atoms with van der Waals surface area (Å²) in [6.07, 6.45) is -4.14. The fraction of sp³-hybridized carbons (Fsp3) is 0.545. The zero-order chi connectivity index (χ0) is 15.7. The monoisotopic (exact) mass is 332 g/mol. The van der Waals surface area contributed by atoms with E-state index in [2.05, 4.69) is 4.98 Å². The number of nitrogens with one attached hydrogen (secondary N) is 1. The number of rotatable bonds is 3. The zero-order valence-corrected chi connectivity index (χ0v) is 12.5. The third-order valence-corrected chi connectivity index (χ3v) is 4.08. The van der Waals surface area contributed by atoms with Gasteiger partial charge in [0.1, 0.15) is 10.6 Å². The van der Waals surface area contributed by atoms with Gasteiger partial charge in [-0.1, -0.05) is 11.6 Å². The summed E-state index contributed by atoms with van der Waals surface area (Å²) in [5.74, 6) is -0.850. The second-order valence-corrected chi connectivity index (χ2v) is 7.40. The second kappa shape index (κ2) is 6.05. The highest BCUT2D eigenvalue weighted by atomic mass is 35.5. The van der Waals surface area contributed by atoms with Gasteiger partial charge in [0.25, 0.3) is 0 Å². The smallest absolute Gasteiger partial charge is 0.413 e. The molecule has 1 N–H and O–H groups in total. The van der Waals surface area contributed by atoms with Gasteiger partial charge >= 0.3 is 6.18 Å². The first-order valence-corrected chi connectivity index (χ1v) is 7.01. The van der Waals surface area contributed by atoms with Crippen LogP contribution in [-0.4, -0.2) is 20.5 Å². The average Bonchev–Trinajstić information content (AvgIpc) is 2.23. The number of hydrogen-bond donors (Lipinski definition) is 1. The maximum absolute atomic E-state index is 13.0. The Labute approximate surface area is 122 Å². The van der Waals surface area contributed by atoms with E-state index in [1.165, 1.54) is 20.8 Å². The predicted octanol–water partition coefficient (Wildman–Crippen LogP) is 3.53. The molecule has 0 spiro atoms. The first-order valence-electron chi connectivity index (χ1n) is 5.48. The quantitative estimate of drug-likeness (QED) is 0.680. The van der Waals surface area contributed by atoms with E-state index in [-0.39, 0.29) is 0 Å². The van der Waals surface area contributed by atoms with Crippen molar-refractivity contribution in [1.29, 1.82) is 0 Å². The summed E-state index contributed by atoms with van der Waals surface area (Å²) in [6, 6.07) is -1.61. The van der Waals surface area contributed by atoms with Crippen LogP contribution in [0.5, 0.6) is 0 Å². The van der Waals surface area contributed by atoms with Crippen molar-refractivity contribution >= 4 is 23.0 Å². The Morgan fingerprint density at radius 3 is 2.30 bits per heavy atom. The van der Waals surface area contributed by atoms with Gasteiger partial charge in [0.05, 0.1) is 16.9 Å². The van der Waals surface area contributed by atoms with Crippen LogP contribution < -0.4 is 4.72 Å². The van der Waals surface area contributed by atoms with Gasteiger partial charge in [0.15, 0.2) is 6.04 Å². The van der Waals surface area contributed by atoms with Crippen LogP contribution >= 0.6 is 11.6 Å². The van der Waals surface area contributed by atoms with Crippen molar-refractivity contribution < 1.29 is 22.1 Å². The highest BCUT2D eigenvalue weighted by molar-refractivity contribution is 7.90. The normalized spacial score (nSPS) is 16.1. The molecule has 0 aliphatic carbocycles. The summed E-state index contributed by atoms with van der Waals surface area (Å²) in [7, 11) is 0. The molecule has 9 heteroatoms. The van der Waals surface area contributed by atoms with E-state index in [1.807, 2.05) is 4.72 Å². The molecule has 0 amide bonds. The lowest BCUT2D eigenvalue weighted by atomic mass is 10.2. The van der Waals surface area contributed by atoms with Gasteiger partial charge in [-0.3, -0.25) is 4.98 Å². The van der Waals surface area contributed by atoms with E-state index in [0.717, 1.165) is 6.07 Å². The van der Waals surface area contributed by atoms with Crippen molar-refractivity contribution in [3.05, 3.63) is 28.8 Å². The van der Waals surface area contributed by atoms with Crippen molar-refractivity contribution in [3.63, 3.8) is 0 Å². The molecule has 1 rings (SSSR count). The molecule has 114 valence electrons. The van der Waals surface area contributed by atoms with Gasteiger partial charge in [0, 0.05) is 11.4 Å². The first kappa shape index (κ1) is 17.5. The van der Waals surface area contributed by atoms with E-state index >= 15 is 0 Å². The van der Waals surface area contributed by atoms with Crippen LogP contribution in [0.1, 0.15) is 32.5 Å². The van der Waals surface area contributed by atoms with Crippen LogP contribution in [0.15, 0.2) is 12.3 Å². The molecule has 2 atom stereocenters. The first-order chi connectivity index (χ1) is 8.93. The molecule has 0 bridgehead atoms. The SMILES string of the molecule is CC(C)(C)[S+]([O-])N[C@H](c1ncc(F)cc1Cl)C(F)(F)F. The van der Waals surface area contributed by atoms with E-state index in [4.69, 9.17) is 11.6 Å². The standard InChI is InChI=1S/C11H13ClF4N2OS/c1-10(2,3)20(19)18-9(11(14,15)16)8-7(12)4-6(13)5-17-8/h4-5,9,18H,1-3H3/t9-,20?/m1/s1. The Kier molecular flexibility index (Phi) is 5.29. The molecule has 0 aromatic carbocycles. The fourth-order valence-corrected chi connectivity index (χ4v) is 2.27. The van der Waals surface area contributed by atoms with E-state index in [9.17, 15) is 22.1 Å². The molecule has 1 unspecified atom stereocenters. The van der Waals surface area contributed by atoms with Crippen LogP contribution in [0.25, 0.3) is 0 Å². The number of alkyl halides is 3. The van der Waals surface area contributed by atoms with Gasteiger partial charge in [-0.05, 0) is 26.8 Å². The highest BCUT2D eigenvalue weighted by Crippen LogP contribution is 2.36. The maximum Gasteiger partial charge on any atom is 0.413 e. The molecule has 1 aromatic rings. The number of hydrogen-bond acceptors (Lipinski definition) is 3. The van der Waals surface area contributed by atoms with Crippen molar-refractivity contribution in [2.75, 3.05) is 0 Å². The Bertz CT molecular complexity index is 478.